The summed E-state index contributed by atoms with van der Waals surface area (Å²) in [6.07, 6.45) is 0. The van der Waals surface area contributed by atoms with E-state index in [-0.39, 0.29) is 23.2 Å². The Balaban J connectivity index is 1.96. The van der Waals surface area contributed by atoms with Crippen LogP contribution in [0.15, 0.2) is 66.7 Å². The van der Waals surface area contributed by atoms with E-state index >= 15 is 0 Å². The zero-order valence-corrected chi connectivity index (χ0v) is 12.5. The van der Waals surface area contributed by atoms with E-state index in [9.17, 15) is 19.4 Å². The van der Waals surface area contributed by atoms with Crippen molar-refractivity contribution in [2.24, 2.45) is 0 Å². The first-order valence-corrected chi connectivity index (χ1v) is 7.22. The number of nitrogens with one attached hydrogen (secondary N) is 1. The molecule has 3 aromatic carbocycles. The van der Waals surface area contributed by atoms with Gasteiger partial charge in [-0.15, -0.1) is 0 Å². The Bertz CT molecular complexity index is 874. The monoisotopic (exact) mass is 323 g/mol. The van der Waals surface area contributed by atoms with E-state index in [1.807, 2.05) is 0 Å². The number of halogens is 1. The van der Waals surface area contributed by atoms with Gasteiger partial charge in [-0.1, -0.05) is 12.1 Å². The molecule has 5 heteroatoms. The highest BCUT2D eigenvalue weighted by atomic mass is 19.1. The van der Waals surface area contributed by atoms with Gasteiger partial charge >= 0.3 is 0 Å². The lowest BCUT2D eigenvalue weighted by Crippen LogP contribution is -2.13. The number of aromatic hydroxyl groups is 2. The molecule has 0 atom stereocenters. The molecule has 0 spiro atoms. The van der Waals surface area contributed by atoms with Crippen molar-refractivity contribution in [2.45, 2.75) is 0 Å². The van der Waals surface area contributed by atoms with Crippen molar-refractivity contribution >= 4 is 11.6 Å². The third-order valence-corrected chi connectivity index (χ3v) is 3.53. The lowest BCUT2D eigenvalue weighted by molar-refractivity contribution is 0.102. The van der Waals surface area contributed by atoms with Gasteiger partial charge in [0.2, 0.25) is 0 Å². The normalized spacial score (nSPS) is 10.4. The fraction of sp³-hybridized carbons (Fsp3) is 0. The van der Waals surface area contributed by atoms with E-state index in [1.165, 1.54) is 42.5 Å². The van der Waals surface area contributed by atoms with Crippen LogP contribution in [0.4, 0.5) is 10.1 Å². The summed E-state index contributed by atoms with van der Waals surface area (Å²) in [5.74, 6) is -0.644. The van der Waals surface area contributed by atoms with Crippen molar-refractivity contribution in [3.63, 3.8) is 0 Å². The second-order valence-electron chi connectivity index (χ2n) is 5.24. The van der Waals surface area contributed by atoms with Gasteiger partial charge in [0, 0.05) is 11.3 Å². The summed E-state index contributed by atoms with van der Waals surface area (Å²) in [6, 6.07) is 16.1. The van der Waals surface area contributed by atoms with Crippen LogP contribution in [0.3, 0.4) is 0 Å². The highest BCUT2D eigenvalue weighted by Crippen LogP contribution is 2.28. The van der Waals surface area contributed by atoms with Crippen molar-refractivity contribution in [3.8, 4) is 22.6 Å². The first-order valence-electron chi connectivity index (χ1n) is 7.22. The molecular weight excluding hydrogens is 309 g/mol. The van der Waals surface area contributed by atoms with Crippen molar-refractivity contribution in [2.75, 3.05) is 5.32 Å². The van der Waals surface area contributed by atoms with E-state index in [0.717, 1.165) is 0 Å². The summed E-state index contributed by atoms with van der Waals surface area (Å²) in [4.78, 5) is 12.5. The minimum atomic E-state index is -0.381. The maximum atomic E-state index is 13.1. The van der Waals surface area contributed by atoms with Crippen LogP contribution >= 0.6 is 0 Å². The number of carbonyl (C=O) groups excluding carboxylic acids is 1. The molecule has 1 amide bonds. The molecule has 0 heterocycles. The molecule has 0 radical (unpaired) electrons. The molecule has 0 bridgehead atoms. The first-order chi connectivity index (χ1) is 11.5. The highest BCUT2D eigenvalue weighted by molar-refractivity contribution is 6.08. The molecule has 3 N–H and O–H groups in total. The quantitative estimate of drug-likeness (QED) is 0.634. The van der Waals surface area contributed by atoms with Gasteiger partial charge in [0.05, 0.1) is 0 Å². The number of anilines is 1. The second-order valence-corrected chi connectivity index (χ2v) is 5.24. The summed E-state index contributed by atoms with van der Waals surface area (Å²) in [6.45, 7) is 0. The molecule has 0 fully saturated rings. The smallest absolute Gasteiger partial charge is 0.256 e. The van der Waals surface area contributed by atoms with E-state index in [4.69, 9.17) is 0 Å². The zero-order chi connectivity index (χ0) is 17.1. The summed E-state index contributed by atoms with van der Waals surface area (Å²) < 4.78 is 13.1. The van der Waals surface area contributed by atoms with E-state index < -0.39 is 0 Å². The SMILES string of the molecule is O=C(Nc1ccc(O)cc1)c1ccc(O)cc1-c1ccc(F)cc1. The first kappa shape index (κ1) is 15.6. The Hall–Kier alpha value is -3.34. The fourth-order valence-electron chi connectivity index (χ4n) is 2.34. The summed E-state index contributed by atoms with van der Waals surface area (Å²) >= 11 is 0. The molecule has 0 aromatic heterocycles. The van der Waals surface area contributed by atoms with Crippen LogP contribution in [-0.4, -0.2) is 16.1 Å². The molecule has 120 valence electrons. The fourth-order valence-corrected chi connectivity index (χ4v) is 2.34. The average molecular weight is 323 g/mol. The summed E-state index contributed by atoms with van der Waals surface area (Å²) in [7, 11) is 0. The number of phenolic OH excluding ortho intramolecular Hbond substituents is 2. The summed E-state index contributed by atoms with van der Waals surface area (Å²) in [5.41, 5.74) is 1.97. The maximum Gasteiger partial charge on any atom is 0.256 e. The molecule has 0 aliphatic heterocycles. The van der Waals surface area contributed by atoms with Crippen LogP contribution in [0.1, 0.15) is 10.4 Å². The number of hydrogen-bond donors (Lipinski definition) is 3. The van der Waals surface area contributed by atoms with Crippen LogP contribution in [0, 0.1) is 5.82 Å². The third kappa shape index (κ3) is 3.35. The van der Waals surface area contributed by atoms with Crippen molar-refractivity contribution in [1.29, 1.82) is 0 Å². The number of benzene rings is 3. The second kappa shape index (κ2) is 6.42. The van der Waals surface area contributed by atoms with Gasteiger partial charge in [0.15, 0.2) is 0 Å². The summed E-state index contributed by atoms with van der Waals surface area (Å²) in [5, 5.41) is 21.7. The third-order valence-electron chi connectivity index (χ3n) is 3.53. The van der Waals surface area contributed by atoms with Gasteiger partial charge < -0.3 is 15.5 Å². The minimum absolute atomic E-state index is 0.00973. The van der Waals surface area contributed by atoms with Crippen molar-refractivity contribution in [1.82, 2.24) is 0 Å². The Labute approximate surface area is 137 Å². The Morgan fingerprint density at radius 1 is 0.833 bits per heavy atom. The minimum Gasteiger partial charge on any atom is -0.508 e. The lowest BCUT2D eigenvalue weighted by atomic mass is 9.98. The van der Waals surface area contributed by atoms with Crippen LogP contribution in [0.2, 0.25) is 0 Å². The predicted octanol–water partition coefficient (Wildman–Crippen LogP) is 4.16. The molecule has 0 aliphatic carbocycles. The zero-order valence-electron chi connectivity index (χ0n) is 12.5. The number of hydrogen-bond acceptors (Lipinski definition) is 3. The van der Waals surface area contributed by atoms with Crippen molar-refractivity contribution < 1.29 is 19.4 Å². The standard InChI is InChI=1S/C19H14FNO3/c20-13-3-1-12(2-4-13)18-11-16(23)9-10-17(18)19(24)21-14-5-7-15(22)8-6-14/h1-11,22-23H,(H,21,24). The predicted molar refractivity (Wildman–Crippen MR) is 89.6 cm³/mol. The van der Waals surface area contributed by atoms with Crippen LogP contribution in [0.5, 0.6) is 11.5 Å². The van der Waals surface area contributed by atoms with Gasteiger partial charge in [-0.05, 0) is 65.7 Å². The molecule has 3 rings (SSSR count). The molecule has 0 aliphatic rings. The Kier molecular flexibility index (Phi) is 4.16. The van der Waals surface area contributed by atoms with Crippen LogP contribution < -0.4 is 5.32 Å². The molecule has 4 nitrogen and oxygen atoms in total. The van der Waals surface area contributed by atoms with E-state index in [0.29, 0.717) is 22.4 Å². The van der Waals surface area contributed by atoms with Gasteiger partial charge in [-0.25, -0.2) is 4.39 Å². The lowest BCUT2D eigenvalue weighted by Gasteiger charge is -2.11. The molecule has 0 saturated carbocycles. The topological polar surface area (TPSA) is 69.6 Å². The molecular formula is C19H14FNO3. The number of phenols is 2. The van der Waals surface area contributed by atoms with Gasteiger partial charge in [-0.2, -0.15) is 0 Å². The largest absolute Gasteiger partial charge is 0.508 e. The molecule has 24 heavy (non-hydrogen) atoms. The van der Waals surface area contributed by atoms with E-state index in [1.54, 1.807) is 24.3 Å². The van der Waals surface area contributed by atoms with Gasteiger partial charge in [0.25, 0.3) is 5.91 Å². The Morgan fingerprint density at radius 3 is 2.12 bits per heavy atom. The Morgan fingerprint density at radius 2 is 1.46 bits per heavy atom. The number of rotatable bonds is 3. The van der Waals surface area contributed by atoms with Gasteiger partial charge in [0.1, 0.15) is 17.3 Å². The molecule has 3 aromatic rings. The molecule has 0 saturated heterocycles. The van der Waals surface area contributed by atoms with Crippen LogP contribution in [-0.2, 0) is 0 Å². The highest BCUT2D eigenvalue weighted by Gasteiger charge is 2.14. The van der Waals surface area contributed by atoms with Gasteiger partial charge in [-0.3, -0.25) is 4.79 Å². The van der Waals surface area contributed by atoms with Crippen LogP contribution in [0.25, 0.3) is 11.1 Å². The maximum absolute atomic E-state index is 13.1. The number of amides is 1. The van der Waals surface area contributed by atoms with E-state index in [2.05, 4.69) is 5.32 Å². The molecule has 0 unspecified atom stereocenters. The average Bonchev–Trinajstić information content (AvgIpc) is 2.57. The number of carbonyl (C=O) groups is 1. The van der Waals surface area contributed by atoms with Crippen molar-refractivity contribution in [3.05, 3.63) is 78.1 Å².